The van der Waals surface area contributed by atoms with E-state index in [9.17, 15) is 9.59 Å². The number of thiazole rings is 1. The zero-order valence-electron chi connectivity index (χ0n) is 16.1. The SMILES string of the molecule is O=C(CSc1nc2nccnc2c(=O)n1CCC1CCCCC1)Cc1nccs1. The van der Waals surface area contributed by atoms with Crippen LogP contribution in [0.5, 0.6) is 0 Å². The van der Waals surface area contributed by atoms with Crippen LogP contribution in [-0.4, -0.2) is 36.0 Å². The molecule has 0 saturated heterocycles. The average Bonchev–Trinajstić information content (AvgIpc) is 3.25. The van der Waals surface area contributed by atoms with E-state index in [0.29, 0.717) is 29.7 Å². The van der Waals surface area contributed by atoms with Gasteiger partial charge in [-0.1, -0.05) is 43.9 Å². The molecule has 0 bridgehead atoms. The fraction of sp³-hybridized carbons (Fsp3) is 0.500. The number of fused-ring (bicyclic) bond motifs is 1. The highest BCUT2D eigenvalue weighted by Gasteiger charge is 2.18. The average molecular weight is 430 g/mol. The predicted octanol–water partition coefficient (Wildman–Crippen LogP) is 3.52. The Hall–Kier alpha value is -2.13. The molecule has 0 amide bonds. The Morgan fingerprint density at radius 3 is 2.76 bits per heavy atom. The van der Waals surface area contributed by atoms with E-state index in [4.69, 9.17) is 0 Å². The molecule has 0 N–H and O–H groups in total. The summed E-state index contributed by atoms with van der Waals surface area (Å²) in [6.07, 6.45) is 12.3. The minimum absolute atomic E-state index is 0.0669. The Morgan fingerprint density at radius 1 is 1.14 bits per heavy atom. The van der Waals surface area contributed by atoms with Crippen molar-refractivity contribution in [3.8, 4) is 0 Å². The van der Waals surface area contributed by atoms with E-state index >= 15 is 0 Å². The van der Waals surface area contributed by atoms with E-state index in [2.05, 4.69) is 19.9 Å². The molecule has 3 aromatic rings. The van der Waals surface area contributed by atoms with Crippen LogP contribution in [0.25, 0.3) is 11.2 Å². The molecule has 0 aliphatic heterocycles. The Labute approximate surface area is 177 Å². The summed E-state index contributed by atoms with van der Waals surface area (Å²) in [7, 11) is 0. The number of thioether (sulfide) groups is 1. The third-order valence-corrected chi connectivity index (χ3v) is 7.05. The van der Waals surface area contributed by atoms with Gasteiger partial charge in [-0.05, 0) is 12.3 Å². The molecule has 0 aromatic carbocycles. The highest BCUT2D eigenvalue weighted by Crippen LogP contribution is 2.27. The van der Waals surface area contributed by atoms with Crippen molar-refractivity contribution in [3.05, 3.63) is 39.3 Å². The van der Waals surface area contributed by atoms with Gasteiger partial charge in [0, 0.05) is 30.5 Å². The zero-order valence-corrected chi connectivity index (χ0v) is 17.8. The number of aromatic nitrogens is 5. The quantitative estimate of drug-likeness (QED) is 0.400. The predicted molar refractivity (Wildman–Crippen MR) is 114 cm³/mol. The maximum atomic E-state index is 13.0. The molecule has 29 heavy (non-hydrogen) atoms. The molecule has 0 atom stereocenters. The van der Waals surface area contributed by atoms with Gasteiger partial charge in [0.2, 0.25) is 0 Å². The van der Waals surface area contributed by atoms with Gasteiger partial charge in [0.1, 0.15) is 5.78 Å². The number of carbonyl (C=O) groups excluding carboxylic acids is 1. The van der Waals surface area contributed by atoms with Crippen molar-refractivity contribution in [1.82, 2.24) is 24.5 Å². The molecule has 0 radical (unpaired) electrons. The Balaban J connectivity index is 1.53. The van der Waals surface area contributed by atoms with Crippen molar-refractivity contribution in [1.29, 1.82) is 0 Å². The summed E-state index contributed by atoms with van der Waals surface area (Å²) in [6, 6.07) is 0. The van der Waals surface area contributed by atoms with Crippen LogP contribution < -0.4 is 5.56 Å². The van der Waals surface area contributed by atoms with Gasteiger partial charge in [0.25, 0.3) is 5.56 Å². The standard InChI is InChI=1S/C20H23N5O2S2/c26-15(12-16-21-9-11-28-16)13-29-20-24-18-17(22-7-8-23-18)19(27)25(20)10-6-14-4-2-1-3-5-14/h7-9,11,14H,1-6,10,12-13H2. The largest absolute Gasteiger partial charge is 0.298 e. The van der Waals surface area contributed by atoms with Crippen LogP contribution in [-0.2, 0) is 17.8 Å². The van der Waals surface area contributed by atoms with E-state index in [1.165, 1.54) is 67.6 Å². The second-order valence-electron chi connectivity index (χ2n) is 7.30. The number of hydrogen-bond donors (Lipinski definition) is 0. The van der Waals surface area contributed by atoms with Crippen LogP contribution in [0.2, 0.25) is 0 Å². The van der Waals surface area contributed by atoms with E-state index in [0.717, 1.165) is 11.4 Å². The molecule has 9 heteroatoms. The highest BCUT2D eigenvalue weighted by atomic mass is 32.2. The monoisotopic (exact) mass is 429 g/mol. The first-order chi connectivity index (χ1) is 14.2. The van der Waals surface area contributed by atoms with Crippen molar-refractivity contribution >= 4 is 40.0 Å². The maximum absolute atomic E-state index is 13.0. The number of rotatable bonds is 8. The summed E-state index contributed by atoms with van der Waals surface area (Å²) in [4.78, 5) is 42.5. The lowest BCUT2D eigenvalue weighted by Crippen LogP contribution is -2.26. The first-order valence-electron chi connectivity index (χ1n) is 9.95. The Morgan fingerprint density at radius 2 is 1.97 bits per heavy atom. The smallest absolute Gasteiger partial charge is 0.282 e. The van der Waals surface area contributed by atoms with Crippen molar-refractivity contribution < 1.29 is 4.79 Å². The number of carbonyl (C=O) groups is 1. The summed E-state index contributed by atoms with van der Waals surface area (Å²) in [5.41, 5.74) is 0.449. The second-order valence-corrected chi connectivity index (χ2v) is 9.22. The molecule has 7 nitrogen and oxygen atoms in total. The summed E-state index contributed by atoms with van der Waals surface area (Å²) in [5, 5.41) is 3.22. The molecule has 4 rings (SSSR count). The highest BCUT2D eigenvalue weighted by molar-refractivity contribution is 7.99. The van der Waals surface area contributed by atoms with Gasteiger partial charge in [-0.2, -0.15) is 0 Å². The molecule has 3 aromatic heterocycles. The van der Waals surface area contributed by atoms with E-state index in [-0.39, 0.29) is 22.6 Å². The lowest BCUT2D eigenvalue weighted by molar-refractivity contribution is -0.116. The van der Waals surface area contributed by atoms with E-state index in [1.54, 1.807) is 10.8 Å². The number of hydrogen-bond acceptors (Lipinski definition) is 8. The van der Waals surface area contributed by atoms with Crippen molar-refractivity contribution in [2.45, 2.75) is 56.6 Å². The Bertz CT molecular complexity index is 1030. The van der Waals surface area contributed by atoms with Crippen LogP contribution in [0.4, 0.5) is 0 Å². The number of Topliss-reactive ketones (excluding diaryl/α,β-unsaturated/α-hetero) is 1. The fourth-order valence-electron chi connectivity index (χ4n) is 3.73. The third-order valence-electron chi connectivity index (χ3n) is 5.24. The molecule has 1 aliphatic rings. The zero-order chi connectivity index (χ0) is 20.1. The molecule has 1 saturated carbocycles. The molecular formula is C20H23N5O2S2. The van der Waals surface area contributed by atoms with Gasteiger partial charge in [0.15, 0.2) is 16.3 Å². The van der Waals surface area contributed by atoms with Gasteiger partial charge in [-0.25, -0.2) is 19.9 Å². The van der Waals surface area contributed by atoms with Gasteiger partial charge in [-0.3, -0.25) is 14.2 Å². The first kappa shape index (κ1) is 20.2. The first-order valence-corrected chi connectivity index (χ1v) is 11.8. The minimum atomic E-state index is -0.172. The summed E-state index contributed by atoms with van der Waals surface area (Å²) < 4.78 is 1.69. The molecule has 1 aliphatic carbocycles. The minimum Gasteiger partial charge on any atom is -0.298 e. The number of nitrogens with zero attached hydrogens (tertiary/aromatic N) is 5. The van der Waals surface area contributed by atoms with Gasteiger partial charge < -0.3 is 0 Å². The molecule has 152 valence electrons. The van der Waals surface area contributed by atoms with Gasteiger partial charge in [0.05, 0.1) is 17.2 Å². The van der Waals surface area contributed by atoms with Crippen molar-refractivity contribution in [2.75, 3.05) is 5.75 Å². The molecular weight excluding hydrogens is 406 g/mol. The van der Waals surface area contributed by atoms with Crippen LogP contribution in [0.1, 0.15) is 43.5 Å². The molecule has 3 heterocycles. The molecule has 0 unspecified atom stereocenters. The van der Waals surface area contributed by atoms with Crippen LogP contribution in [0, 0.1) is 5.92 Å². The number of ketones is 1. The topological polar surface area (TPSA) is 90.6 Å². The van der Waals surface area contributed by atoms with Gasteiger partial charge in [-0.15, -0.1) is 11.3 Å². The summed E-state index contributed by atoms with van der Waals surface area (Å²) in [6.45, 7) is 0.603. The van der Waals surface area contributed by atoms with E-state index < -0.39 is 0 Å². The summed E-state index contributed by atoms with van der Waals surface area (Å²) >= 11 is 2.78. The van der Waals surface area contributed by atoms with Gasteiger partial charge >= 0.3 is 0 Å². The van der Waals surface area contributed by atoms with Crippen LogP contribution in [0.3, 0.4) is 0 Å². The molecule has 1 fully saturated rings. The molecule has 0 spiro atoms. The van der Waals surface area contributed by atoms with E-state index in [1.807, 2.05) is 5.38 Å². The maximum Gasteiger partial charge on any atom is 0.282 e. The van der Waals surface area contributed by atoms with Crippen LogP contribution >= 0.6 is 23.1 Å². The van der Waals surface area contributed by atoms with Crippen LogP contribution in [0.15, 0.2) is 33.9 Å². The fourth-order valence-corrected chi connectivity index (χ4v) is 5.25. The summed E-state index contributed by atoms with van der Waals surface area (Å²) in [5.74, 6) is 0.969. The lowest BCUT2D eigenvalue weighted by Gasteiger charge is -2.22. The Kier molecular flexibility index (Phi) is 6.66. The lowest BCUT2D eigenvalue weighted by atomic mass is 9.87. The van der Waals surface area contributed by atoms with Crippen molar-refractivity contribution in [3.63, 3.8) is 0 Å². The second kappa shape index (κ2) is 9.58. The van der Waals surface area contributed by atoms with Crippen molar-refractivity contribution in [2.24, 2.45) is 5.92 Å². The normalized spacial score (nSPS) is 15.0. The third kappa shape index (κ3) is 5.08.